The van der Waals surface area contributed by atoms with Crippen LogP contribution in [0.4, 0.5) is 11.8 Å². The Morgan fingerprint density at radius 1 is 1.24 bits per heavy atom. The summed E-state index contributed by atoms with van der Waals surface area (Å²) in [5, 5.41) is 0. The SMILES string of the molecule is C=CC(CCCCC)c1cccnc1N1CCCn2c1nccc2=O. The molecular formula is C20H26N4O. The van der Waals surface area contributed by atoms with E-state index in [0.29, 0.717) is 12.5 Å². The number of hydrogen-bond donors (Lipinski definition) is 0. The Balaban J connectivity index is 1.98. The van der Waals surface area contributed by atoms with E-state index in [1.54, 1.807) is 10.8 Å². The highest BCUT2D eigenvalue weighted by Gasteiger charge is 2.25. The Hall–Kier alpha value is -2.43. The van der Waals surface area contributed by atoms with Crippen molar-refractivity contribution in [1.82, 2.24) is 14.5 Å². The zero-order valence-corrected chi connectivity index (χ0v) is 14.9. The van der Waals surface area contributed by atoms with E-state index >= 15 is 0 Å². The van der Waals surface area contributed by atoms with Crippen LogP contribution in [0.2, 0.25) is 0 Å². The van der Waals surface area contributed by atoms with E-state index in [4.69, 9.17) is 0 Å². The number of unbranched alkanes of at least 4 members (excludes halogenated alkanes) is 2. The van der Waals surface area contributed by atoms with E-state index in [2.05, 4.69) is 34.4 Å². The Kier molecular flexibility index (Phi) is 5.64. The van der Waals surface area contributed by atoms with Gasteiger partial charge in [-0.25, -0.2) is 9.97 Å². The fraction of sp³-hybridized carbons (Fsp3) is 0.450. The average molecular weight is 338 g/mol. The van der Waals surface area contributed by atoms with Gasteiger partial charge in [-0.2, -0.15) is 0 Å². The van der Waals surface area contributed by atoms with Crippen LogP contribution in [0, 0.1) is 0 Å². The van der Waals surface area contributed by atoms with E-state index in [1.807, 2.05) is 18.3 Å². The molecule has 0 saturated heterocycles. The maximum Gasteiger partial charge on any atom is 0.254 e. The van der Waals surface area contributed by atoms with E-state index in [1.165, 1.54) is 30.9 Å². The third-order valence-electron chi connectivity index (χ3n) is 4.79. The third-order valence-corrected chi connectivity index (χ3v) is 4.79. The molecule has 1 atom stereocenters. The number of anilines is 2. The van der Waals surface area contributed by atoms with Crippen molar-refractivity contribution < 1.29 is 0 Å². The van der Waals surface area contributed by atoms with Crippen LogP contribution in [0.1, 0.15) is 50.5 Å². The van der Waals surface area contributed by atoms with Gasteiger partial charge < -0.3 is 0 Å². The number of aromatic nitrogens is 3. The Morgan fingerprint density at radius 2 is 2.12 bits per heavy atom. The van der Waals surface area contributed by atoms with Crippen molar-refractivity contribution in [1.29, 1.82) is 0 Å². The van der Waals surface area contributed by atoms with E-state index in [0.717, 1.165) is 25.2 Å². The molecule has 3 rings (SSSR count). The molecule has 132 valence electrons. The second-order valence-electron chi connectivity index (χ2n) is 6.49. The Bertz CT molecular complexity index is 783. The summed E-state index contributed by atoms with van der Waals surface area (Å²) in [6.45, 7) is 7.79. The first-order valence-electron chi connectivity index (χ1n) is 9.17. The van der Waals surface area contributed by atoms with Gasteiger partial charge in [0.15, 0.2) is 0 Å². The molecule has 2 aromatic heterocycles. The zero-order valence-electron chi connectivity index (χ0n) is 14.9. The molecule has 0 fully saturated rings. The quantitative estimate of drug-likeness (QED) is 0.565. The Labute approximate surface area is 149 Å². The lowest BCUT2D eigenvalue weighted by Gasteiger charge is -2.31. The van der Waals surface area contributed by atoms with Gasteiger partial charge in [0.25, 0.3) is 5.56 Å². The lowest BCUT2D eigenvalue weighted by molar-refractivity contribution is 0.557. The van der Waals surface area contributed by atoms with Gasteiger partial charge in [0.1, 0.15) is 5.82 Å². The molecule has 0 spiro atoms. The molecule has 5 heteroatoms. The molecule has 1 unspecified atom stereocenters. The van der Waals surface area contributed by atoms with Crippen LogP contribution < -0.4 is 10.5 Å². The smallest absolute Gasteiger partial charge is 0.254 e. The molecule has 0 radical (unpaired) electrons. The summed E-state index contributed by atoms with van der Waals surface area (Å²) in [7, 11) is 0. The molecule has 0 bridgehead atoms. The van der Waals surface area contributed by atoms with Crippen LogP contribution in [-0.4, -0.2) is 21.1 Å². The van der Waals surface area contributed by atoms with Crippen LogP contribution in [0.25, 0.3) is 0 Å². The van der Waals surface area contributed by atoms with Crippen molar-refractivity contribution in [3.8, 4) is 0 Å². The maximum absolute atomic E-state index is 12.1. The van der Waals surface area contributed by atoms with Crippen molar-refractivity contribution in [3.63, 3.8) is 0 Å². The van der Waals surface area contributed by atoms with Crippen molar-refractivity contribution in [3.05, 3.63) is 59.2 Å². The van der Waals surface area contributed by atoms with E-state index in [9.17, 15) is 4.79 Å². The standard InChI is InChI=1S/C20H26N4O/c1-3-5-6-9-16(4-2)17-10-7-12-21-19(17)24-15-8-14-23-18(25)11-13-22-20(23)24/h4,7,10-13,16H,2-3,5-6,8-9,14-15H2,1H3. The lowest BCUT2D eigenvalue weighted by Crippen LogP contribution is -2.36. The maximum atomic E-state index is 12.1. The van der Waals surface area contributed by atoms with Crippen LogP contribution in [-0.2, 0) is 6.54 Å². The van der Waals surface area contributed by atoms with E-state index in [-0.39, 0.29) is 11.5 Å². The predicted molar refractivity (Wildman–Crippen MR) is 101 cm³/mol. The summed E-state index contributed by atoms with van der Waals surface area (Å²) in [5.74, 6) is 1.85. The highest BCUT2D eigenvalue weighted by Crippen LogP contribution is 2.34. The third kappa shape index (κ3) is 3.65. The molecule has 0 amide bonds. The van der Waals surface area contributed by atoms with Gasteiger partial charge in [-0.3, -0.25) is 14.3 Å². The van der Waals surface area contributed by atoms with Gasteiger partial charge in [-0.05, 0) is 18.9 Å². The summed E-state index contributed by atoms with van der Waals surface area (Å²) in [4.78, 5) is 23.3. The number of rotatable bonds is 7. The summed E-state index contributed by atoms with van der Waals surface area (Å²) in [6, 6.07) is 5.62. The monoisotopic (exact) mass is 338 g/mol. The second-order valence-corrected chi connectivity index (χ2v) is 6.49. The summed E-state index contributed by atoms with van der Waals surface area (Å²) >= 11 is 0. The molecule has 0 N–H and O–H groups in total. The van der Waals surface area contributed by atoms with Crippen LogP contribution in [0.5, 0.6) is 0 Å². The van der Waals surface area contributed by atoms with E-state index < -0.39 is 0 Å². The number of fused-ring (bicyclic) bond motifs is 1. The fourth-order valence-corrected chi connectivity index (χ4v) is 3.48. The molecule has 25 heavy (non-hydrogen) atoms. The van der Waals surface area contributed by atoms with Gasteiger partial charge in [0, 0.05) is 43.0 Å². The average Bonchev–Trinajstić information content (AvgIpc) is 2.65. The number of allylic oxidation sites excluding steroid dienone is 1. The van der Waals surface area contributed by atoms with Crippen LogP contribution in [0.15, 0.2) is 48.0 Å². The van der Waals surface area contributed by atoms with Gasteiger partial charge >= 0.3 is 0 Å². The molecule has 3 heterocycles. The van der Waals surface area contributed by atoms with Crippen LogP contribution >= 0.6 is 0 Å². The molecule has 0 saturated carbocycles. The first kappa shape index (κ1) is 17.4. The van der Waals surface area contributed by atoms with Gasteiger partial charge in [-0.15, -0.1) is 6.58 Å². The summed E-state index contributed by atoms with van der Waals surface area (Å²) in [6.07, 6.45) is 11.0. The van der Waals surface area contributed by atoms with Crippen molar-refractivity contribution in [2.24, 2.45) is 0 Å². The minimum absolute atomic E-state index is 0.00426. The highest BCUT2D eigenvalue weighted by atomic mass is 16.1. The second kappa shape index (κ2) is 8.10. The topological polar surface area (TPSA) is 51.0 Å². The molecule has 0 aromatic carbocycles. The lowest BCUT2D eigenvalue weighted by atomic mass is 9.93. The summed E-state index contributed by atoms with van der Waals surface area (Å²) < 4.78 is 1.74. The van der Waals surface area contributed by atoms with Gasteiger partial charge in [-0.1, -0.05) is 38.3 Å². The first-order chi connectivity index (χ1) is 12.3. The number of nitrogens with zero attached hydrogens (tertiary/aromatic N) is 4. The normalized spacial score (nSPS) is 14.8. The summed E-state index contributed by atoms with van der Waals surface area (Å²) in [5.41, 5.74) is 1.16. The minimum Gasteiger partial charge on any atom is -0.296 e. The molecular weight excluding hydrogens is 312 g/mol. The zero-order chi connectivity index (χ0) is 17.6. The number of pyridine rings is 1. The van der Waals surface area contributed by atoms with Crippen molar-refractivity contribution >= 4 is 11.8 Å². The number of hydrogen-bond acceptors (Lipinski definition) is 4. The highest BCUT2D eigenvalue weighted by molar-refractivity contribution is 5.59. The fourth-order valence-electron chi connectivity index (χ4n) is 3.48. The Morgan fingerprint density at radius 3 is 2.92 bits per heavy atom. The predicted octanol–water partition coefficient (Wildman–Crippen LogP) is 4.03. The van der Waals surface area contributed by atoms with Crippen LogP contribution in [0.3, 0.4) is 0 Å². The van der Waals surface area contributed by atoms with Gasteiger partial charge in [0.2, 0.25) is 5.95 Å². The molecule has 1 aliphatic heterocycles. The molecule has 2 aromatic rings. The van der Waals surface area contributed by atoms with Gasteiger partial charge in [0.05, 0.1) is 0 Å². The molecule has 5 nitrogen and oxygen atoms in total. The molecule has 1 aliphatic rings. The largest absolute Gasteiger partial charge is 0.296 e. The minimum atomic E-state index is -0.00426. The van der Waals surface area contributed by atoms with Crippen molar-refractivity contribution in [2.45, 2.75) is 51.5 Å². The van der Waals surface area contributed by atoms with Crippen molar-refractivity contribution in [2.75, 3.05) is 11.4 Å². The first-order valence-corrected chi connectivity index (χ1v) is 9.17. The molecule has 0 aliphatic carbocycles.